The van der Waals surface area contributed by atoms with Gasteiger partial charge in [0.2, 0.25) is 0 Å². The van der Waals surface area contributed by atoms with Crippen LogP contribution in [0.25, 0.3) is 0 Å². The summed E-state index contributed by atoms with van der Waals surface area (Å²) >= 11 is 0. The van der Waals surface area contributed by atoms with E-state index in [2.05, 4.69) is 12.2 Å². The Balaban J connectivity index is 1.66. The second-order valence-electron chi connectivity index (χ2n) is 6.30. The van der Waals surface area contributed by atoms with Gasteiger partial charge in [0.15, 0.2) is 0 Å². The number of phenols is 2. The van der Waals surface area contributed by atoms with Crippen molar-refractivity contribution in [3.63, 3.8) is 0 Å². The Morgan fingerprint density at radius 1 is 1.30 bits per heavy atom. The molecule has 4 heteroatoms. The topological polar surface area (TPSA) is 69.6 Å². The smallest absolute Gasteiger partial charge is 0.255 e. The molecule has 2 fully saturated rings. The zero-order valence-electron chi connectivity index (χ0n) is 11.7. The molecule has 4 atom stereocenters. The Labute approximate surface area is 118 Å². The summed E-state index contributed by atoms with van der Waals surface area (Å²) in [7, 11) is 0. The van der Waals surface area contributed by atoms with Crippen LogP contribution in [0.4, 0.5) is 0 Å². The number of hydrogen-bond donors (Lipinski definition) is 3. The van der Waals surface area contributed by atoms with Crippen LogP contribution in [0, 0.1) is 17.8 Å². The van der Waals surface area contributed by atoms with E-state index in [1.165, 1.54) is 43.9 Å². The first-order chi connectivity index (χ1) is 9.54. The maximum Gasteiger partial charge on any atom is 0.255 e. The van der Waals surface area contributed by atoms with Crippen LogP contribution in [-0.2, 0) is 0 Å². The number of phenolic OH excluding ortho intramolecular Hbond substituents is 2. The normalized spacial score (nSPS) is 29.4. The molecule has 0 aliphatic heterocycles. The first kappa shape index (κ1) is 13.3. The fourth-order valence-corrected chi connectivity index (χ4v) is 4.01. The van der Waals surface area contributed by atoms with E-state index in [1.807, 2.05) is 0 Å². The Morgan fingerprint density at radius 3 is 2.70 bits per heavy atom. The van der Waals surface area contributed by atoms with Crippen molar-refractivity contribution in [2.24, 2.45) is 17.8 Å². The molecule has 4 nitrogen and oxygen atoms in total. The summed E-state index contributed by atoms with van der Waals surface area (Å²) in [6.45, 7) is 2.06. The lowest BCUT2D eigenvalue weighted by Crippen LogP contribution is -2.40. The molecule has 0 saturated heterocycles. The van der Waals surface area contributed by atoms with Crippen molar-refractivity contribution >= 4 is 5.91 Å². The fraction of sp³-hybridized carbons (Fsp3) is 0.562. The highest BCUT2D eigenvalue weighted by Crippen LogP contribution is 2.49. The highest BCUT2D eigenvalue weighted by Gasteiger charge is 2.42. The van der Waals surface area contributed by atoms with E-state index in [9.17, 15) is 15.0 Å². The number of nitrogens with one attached hydrogen (secondary N) is 1. The first-order valence-electron chi connectivity index (χ1n) is 7.37. The number of rotatable bonds is 3. The molecule has 3 N–H and O–H groups in total. The second-order valence-corrected chi connectivity index (χ2v) is 6.30. The van der Waals surface area contributed by atoms with Gasteiger partial charge in [-0.05, 0) is 56.1 Å². The second kappa shape index (κ2) is 5.00. The molecule has 2 saturated carbocycles. The van der Waals surface area contributed by atoms with Crippen LogP contribution in [0.1, 0.15) is 43.0 Å². The van der Waals surface area contributed by atoms with Crippen molar-refractivity contribution in [1.29, 1.82) is 0 Å². The van der Waals surface area contributed by atoms with E-state index < -0.39 is 0 Å². The molecule has 2 aliphatic carbocycles. The van der Waals surface area contributed by atoms with E-state index in [-0.39, 0.29) is 29.0 Å². The number of carbonyl (C=O) groups is 1. The van der Waals surface area contributed by atoms with E-state index in [4.69, 9.17) is 0 Å². The summed E-state index contributed by atoms with van der Waals surface area (Å²) < 4.78 is 0. The molecule has 2 bridgehead atoms. The predicted molar refractivity (Wildman–Crippen MR) is 75.6 cm³/mol. The van der Waals surface area contributed by atoms with E-state index in [0.29, 0.717) is 5.92 Å². The van der Waals surface area contributed by atoms with Crippen molar-refractivity contribution in [3.8, 4) is 11.5 Å². The number of carbonyl (C=O) groups excluding carboxylic acids is 1. The summed E-state index contributed by atoms with van der Waals surface area (Å²) in [5.74, 6) is 1.69. The monoisotopic (exact) mass is 275 g/mol. The Hall–Kier alpha value is -1.71. The van der Waals surface area contributed by atoms with Gasteiger partial charge in [-0.3, -0.25) is 4.79 Å². The average molecular weight is 275 g/mol. The van der Waals surface area contributed by atoms with Gasteiger partial charge >= 0.3 is 0 Å². The lowest BCUT2D eigenvalue weighted by Gasteiger charge is -2.28. The Kier molecular flexibility index (Phi) is 3.32. The third-order valence-corrected chi connectivity index (χ3v) is 5.02. The third-order valence-electron chi connectivity index (χ3n) is 5.02. The van der Waals surface area contributed by atoms with Gasteiger partial charge in [0.1, 0.15) is 11.5 Å². The molecule has 20 heavy (non-hydrogen) atoms. The lowest BCUT2D eigenvalue weighted by molar-refractivity contribution is 0.0912. The van der Waals surface area contributed by atoms with Crippen molar-refractivity contribution in [2.45, 2.75) is 38.6 Å². The summed E-state index contributed by atoms with van der Waals surface area (Å²) in [5, 5.41) is 22.0. The molecule has 4 unspecified atom stereocenters. The highest BCUT2D eigenvalue weighted by molar-refractivity contribution is 5.97. The standard InChI is InChI=1S/C16H21NO3/c1-9(14-7-10-2-3-11(14)6-10)17-16(20)13-5-4-12(18)8-15(13)19/h4-5,8-11,14,18-19H,2-3,6-7H2,1H3,(H,17,20). The number of benzene rings is 1. The Bertz CT molecular complexity index is 528. The minimum Gasteiger partial charge on any atom is -0.508 e. The number of fused-ring (bicyclic) bond motifs is 2. The van der Waals surface area contributed by atoms with Crippen LogP contribution in [0.15, 0.2) is 18.2 Å². The maximum atomic E-state index is 12.2. The minimum absolute atomic E-state index is 0.0415. The highest BCUT2D eigenvalue weighted by atomic mass is 16.3. The Morgan fingerprint density at radius 2 is 2.10 bits per heavy atom. The van der Waals surface area contributed by atoms with Crippen LogP contribution in [-0.4, -0.2) is 22.2 Å². The summed E-state index contributed by atoms with van der Waals surface area (Å²) in [4.78, 5) is 12.2. The van der Waals surface area contributed by atoms with Gasteiger partial charge in [0, 0.05) is 12.1 Å². The molecule has 108 valence electrons. The minimum atomic E-state index is -0.266. The molecular weight excluding hydrogens is 254 g/mol. The van der Waals surface area contributed by atoms with Gasteiger partial charge < -0.3 is 15.5 Å². The predicted octanol–water partition coefficient (Wildman–Crippen LogP) is 2.65. The van der Waals surface area contributed by atoms with Gasteiger partial charge in [-0.1, -0.05) is 6.42 Å². The largest absolute Gasteiger partial charge is 0.508 e. The van der Waals surface area contributed by atoms with E-state index in [1.54, 1.807) is 0 Å². The fourth-order valence-electron chi connectivity index (χ4n) is 4.01. The average Bonchev–Trinajstić information content (AvgIpc) is 3.00. The summed E-state index contributed by atoms with van der Waals surface area (Å²) in [5.41, 5.74) is 0.220. The van der Waals surface area contributed by atoms with Gasteiger partial charge in [0.25, 0.3) is 5.91 Å². The molecule has 1 aromatic carbocycles. The molecule has 3 rings (SSSR count). The first-order valence-corrected chi connectivity index (χ1v) is 7.37. The van der Waals surface area contributed by atoms with Gasteiger partial charge in [0.05, 0.1) is 5.56 Å². The molecule has 0 aromatic heterocycles. The van der Waals surface area contributed by atoms with Crippen molar-refractivity contribution in [1.82, 2.24) is 5.32 Å². The number of hydrogen-bond acceptors (Lipinski definition) is 3. The zero-order valence-corrected chi connectivity index (χ0v) is 11.7. The molecule has 0 spiro atoms. The van der Waals surface area contributed by atoms with Crippen LogP contribution in [0.3, 0.4) is 0 Å². The van der Waals surface area contributed by atoms with Crippen LogP contribution in [0.5, 0.6) is 11.5 Å². The van der Waals surface area contributed by atoms with Crippen molar-refractivity contribution < 1.29 is 15.0 Å². The molecule has 0 radical (unpaired) electrons. The maximum absolute atomic E-state index is 12.2. The van der Waals surface area contributed by atoms with Gasteiger partial charge in [-0.15, -0.1) is 0 Å². The molecule has 1 aromatic rings. The molecule has 2 aliphatic rings. The lowest BCUT2D eigenvalue weighted by atomic mass is 9.84. The van der Waals surface area contributed by atoms with E-state index in [0.717, 1.165) is 11.8 Å². The van der Waals surface area contributed by atoms with Gasteiger partial charge in [-0.25, -0.2) is 0 Å². The quantitative estimate of drug-likeness (QED) is 0.794. The molecule has 0 heterocycles. The van der Waals surface area contributed by atoms with Crippen LogP contribution in [0.2, 0.25) is 0 Å². The molecular formula is C16H21NO3. The molecule has 1 amide bonds. The van der Waals surface area contributed by atoms with Crippen LogP contribution < -0.4 is 5.32 Å². The third kappa shape index (κ3) is 2.35. The summed E-state index contributed by atoms with van der Waals surface area (Å²) in [6.07, 6.45) is 5.17. The van der Waals surface area contributed by atoms with Crippen molar-refractivity contribution in [2.75, 3.05) is 0 Å². The summed E-state index contributed by atoms with van der Waals surface area (Å²) in [6, 6.07) is 4.19. The van der Waals surface area contributed by atoms with Gasteiger partial charge in [-0.2, -0.15) is 0 Å². The number of amides is 1. The van der Waals surface area contributed by atoms with Crippen LogP contribution >= 0.6 is 0 Å². The number of aromatic hydroxyl groups is 2. The SMILES string of the molecule is CC(NC(=O)c1ccc(O)cc1O)C1CC2CCC1C2. The van der Waals surface area contributed by atoms with Crippen molar-refractivity contribution in [3.05, 3.63) is 23.8 Å². The van der Waals surface area contributed by atoms with E-state index >= 15 is 0 Å². The zero-order chi connectivity index (χ0) is 14.3.